The summed E-state index contributed by atoms with van der Waals surface area (Å²) >= 11 is 0. The van der Waals surface area contributed by atoms with Crippen LogP contribution in [0.4, 0.5) is 5.69 Å². The highest BCUT2D eigenvalue weighted by molar-refractivity contribution is 5.96. The van der Waals surface area contributed by atoms with Crippen LogP contribution in [0.1, 0.15) is 28.4 Å². The third-order valence-electron chi connectivity index (χ3n) is 3.63. The Kier molecular flexibility index (Phi) is 8.30. The van der Waals surface area contributed by atoms with Gasteiger partial charge < -0.3 is 15.8 Å². The van der Waals surface area contributed by atoms with Gasteiger partial charge in [0.15, 0.2) is 0 Å². The fourth-order valence-electron chi connectivity index (χ4n) is 2.26. The summed E-state index contributed by atoms with van der Waals surface area (Å²) in [6, 6.07) is 15.4. The van der Waals surface area contributed by atoms with Crippen LogP contribution in [0.15, 0.2) is 48.5 Å². The summed E-state index contributed by atoms with van der Waals surface area (Å²) in [4.78, 5) is 12.2. The van der Waals surface area contributed by atoms with Crippen molar-refractivity contribution in [3.05, 3.63) is 65.2 Å². The van der Waals surface area contributed by atoms with Crippen molar-refractivity contribution in [1.82, 2.24) is 5.32 Å². The molecule has 0 spiro atoms. The number of rotatable bonds is 7. The molecule has 2 rings (SSSR count). The highest BCUT2D eigenvalue weighted by Gasteiger charge is 2.11. The van der Waals surface area contributed by atoms with E-state index in [1.54, 1.807) is 12.1 Å². The van der Waals surface area contributed by atoms with E-state index in [1.165, 1.54) is 0 Å². The minimum absolute atomic E-state index is 0. The zero-order valence-electron chi connectivity index (χ0n) is 14.1. The first kappa shape index (κ1) is 20.0. The van der Waals surface area contributed by atoms with Gasteiger partial charge in [0.2, 0.25) is 0 Å². The van der Waals surface area contributed by atoms with E-state index in [4.69, 9.17) is 10.5 Å². The van der Waals surface area contributed by atoms with Crippen LogP contribution in [0.2, 0.25) is 0 Å². The number of anilines is 1. The van der Waals surface area contributed by atoms with Crippen LogP contribution in [0.25, 0.3) is 0 Å². The fraction of sp³-hybridized carbons (Fsp3) is 0.316. The lowest BCUT2D eigenvalue weighted by Crippen LogP contribution is -2.30. The molecule has 1 unspecified atom stereocenters. The van der Waals surface area contributed by atoms with E-state index in [0.717, 1.165) is 11.1 Å². The van der Waals surface area contributed by atoms with E-state index in [1.807, 2.05) is 43.3 Å². The fourth-order valence-corrected chi connectivity index (χ4v) is 2.26. The van der Waals surface area contributed by atoms with Crippen LogP contribution in [0.5, 0.6) is 0 Å². The monoisotopic (exact) mass is 348 g/mol. The van der Waals surface area contributed by atoms with Gasteiger partial charge in [-0.05, 0) is 36.1 Å². The summed E-state index contributed by atoms with van der Waals surface area (Å²) in [5.74, 6) is 0.147. The van der Waals surface area contributed by atoms with E-state index in [2.05, 4.69) is 12.2 Å². The topological polar surface area (TPSA) is 64.4 Å². The number of carbonyl (C=O) groups is 1. The molecule has 4 nitrogen and oxygen atoms in total. The van der Waals surface area contributed by atoms with Gasteiger partial charge in [-0.1, -0.05) is 43.3 Å². The molecule has 0 bridgehead atoms. The number of nitrogen functional groups attached to an aromatic ring is 1. The Hall–Kier alpha value is -2.04. The van der Waals surface area contributed by atoms with Crippen LogP contribution in [0, 0.1) is 12.8 Å². The van der Waals surface area contributed by atoms with Gasteiger partial charge in [-0.2, -0.15) is 0 Å². The Morgan fingerprint density at radius 3 is 2.62 bits per heavy atom. The average Bonchev–Trinajstić information content (AvgIpc) is 2.56. The predicted octanol–water partition coefficient (Wildman–Crippen LogP) is 3.58. The average molecular weight is 349 g/mol. The number of nitrogens with two attached hydrogens (primary N) is 1. The zero-order valence-corrected chi connectivity index (χ0v) is 14.9. The quantitative estimate of drug-likeness (QED) is 0.752. The molecule has 130 valence electrons. The number of ether oxygens (including phenoxy) is 1. The molecule has 0 radical (unpaired) electrons. The molecule has 0 heterocycles. The SMILES string of the molecule is Cc1ccc(N)cc1C(=O)NCC(C)COCc1ccccc1.Cl. The lowest BCUT2D eigenvalue weighted by molar-refractivity contribution is 0.0843. The van der Waals surface area contributed by atoms with Crippen molar-refractivity contribution in [2.24, 2.45) is 5.92 Å². The molecule has 2 aromatic rings. The van der Waals surface area contributed by atoms with Crippen molar-refractivity contribution in [2.75, 3.05) is 18.9 Å². The summed E-state index contributed by atoms with van der Waals surface area (Å²) in [5.41, 5.74) is 9.04. The molecule has 0 aliphatic rings. The first-order valence-electron chi connectivity index (χ1n) is 7.82. The number of hydrogen-bond donors (Lipinski definition) is 2. The summed E-state index contributed by atoms with van der Waals surface area (Å²) in [7, 11) is 0. The molecule has 0 aromatic heterocycles. The Morgan fingerprint density at radius 2 is 1.92 bits per heavy atom. The van der Waals surface area contributed by atoms with Gasteiger partial charge >= 0.3 is 0 Å². The first-order chi connectivity index (χ1) is 11.1. The Morgan fingerprint density at radius 1 is 1.21 bits per heavy atom. The maximum atomic E-state index is 12.2. The Labute approximate surface area is 149 Å². The smallest absolute Gasteiger partial charge is 0.251 e. The van der Waals surface area contributed by atoms with Gasteiger partial charge in [0.1, 0.15) is 0 Å². The van der Waals surface area contributed by atoms with E-state index in [0.29, 0.717) is 31.0 Å². The van der Waals surface area contributed by atoms with Crippen LogP contribution in [-0.2, 0) is 11.3 Å². The molecule has 0 fully saturated rings. The van der Waals surface area contributed by atoms with Gasteiger partial charge in [0, 0.05) is 17.8 Å². The highest BCUT2D eigenvalue weighted by atomic mass is 35.5. The lowest BCUT2D eigenvalue weighted by atomic mass is 10.1. The predicted molar refractivity (Wildman–Crippen MR) is 100 cm³/mol. The minimum atomic E-state index is -0.0929. The third-order valence-corrected chi connectivity index (χ3v) is 3.63. The van der Waals surface area contributed by atoms with Crippen molar-refractivity contribution in [1.29, 1.82) is 0 Å². The van der Waals surface area contributed by atoms with Crippen LogP contribution in [-0.4, -0.2) is 19.1 Å². The molecule has 0 aliphatic carbocycles. The molecule has 1 atom stereocenters. The maximum absolute atomic E-state index is 12.2. The van der Waals surface area contributed by atoms with E-state index in [9.17, 15) is 4.79 Å². The number of halogens is 1. The van der Waals surface area contributed by atoms with E-state index >= 15 is 0 Å². The van der Waals surface area contributed by atoms with Gasteiger partial charge in [-0.3, -0.25) is 4.79 Å². The number of aryl methyl sites for hydroxylation is 1. The summed E-state index contributed by atoms with van der Waals surface area (Å²) < 4.78 is 5.69. The Balaban J connectivity index is 0.00000288. The molecule has 5 heteroatoms. The largest absolute Gasteiger partial charge is 0.399 e. The maximum Gasteiger partial charge on any atom is 0.251 e. The second kappa shape index (κ2) is 9.96. The molecular formula is C19H25ClN2O2. The molecule has 0 saturated carbocycles. The van der Waals surface area contributed by atoms with E-state index < -0.39 is 0 Å². The molecule has 24 heavy (non-hydrogen) atoms. The molecule has 3 N–H and O–H groups in total. The van der Waals surface area contributed by atoms with Crippen molar-refractivity contribution in [3.63, 3.8) is 0 Å². The molecule has 1 amide bonds. The minimum Gasteiger partial charge on any atom is -0.399 e. The second-order valence-corrected chi connectivity index (χ2v) is 5.89. The van der Waals surface area contributed by atoms with Gasteiger partial charge in [-0.15, -0.1) is 12.4 Å². The number of carbonyl (C=O) groups excluding carboxylic acids is 1. The number of amides is 1. The zero-order chi connectivity index (χ0) is 16.7. The highest BCUT2D eigenvalue weighted by Crippen LogP contribution is 2.12. The van der Waals surface area contributed by atoms with Crippen molar-refractivity contribution in [2.45, 2.75) is 20.5 Å². The first-order valence-corrected chi connectivity index (χ1v) is 7.82. The van der Waals surface area contributed by atoms with Gasteiger partial charge in [-0.25, -0.2) is 0 Å². The molecule has 0 saturated heterocycles. The summed E-state index contributed by atoms with van der Waals surface area (Å²) in [6.07, 6.45) is 0. The van der Waals surface area contributed by atoms with Crippen LogP contribution >= 0.6 is 12.4 Å². The summed E-state index contributed by atoms with van der Waals surface area (Å²) in [6.45, 7) is 5.72. The number of nitrogens with one attached hydrogen (secondary N) is 1. The van der Waals surface area contributed by atoms with Gasteiger partial charge in [0.05, 0.1) is 13.2 Å². The number of benzene rings is 2. The van der Waals surface area contributed by atoms with Crippen molar-refractivity contribution in [3.8, 4) is 0 Å². The van der Waals surface area contributed by atoms with Gasteiger partial charge in [0.25, 0.3) is 5.91 Å². The molecule has 0 aliphatic heterocycles. The number of hydrogen-bond acceptors (Lipinski definition) is 3. The second-order valence-electron chi connectivity index (χ2n) is 5.89. The normalized spacial score (nSPS) is 11.4. The van der Waals surface area contributed by atoms with Crippen molar-refractivity contribution < 1.29 is 9.53 Å². The van der Waals surface area contributed by atoms with Crippen molar-refractivity contribution >= 4 is 24.0 Å². The molecule has 2 aromatic carbocycles. The van der Waals surface area contributed by atoms with E-state index in [-0.39, 0.29) is 24.2 Å². The Bertz CT molecular complexity index is 647. The third kappa shape index (κ3) is 6.22. The van der Waals surface area contributed by atoms with Crippen LogP contribution in [0.3, 0.4) is 0 Å². The lowest BCUT2D eigenvalue weighted by Gasteiger charge is -2.14. The standard InChI is InChI=1S/C19H24N2O2.ClH/c1-14(12-23-13-16-6-4-3-5-7-16)11-21-19(22)18-10-17(20)9-8-15(18)2;/h3-10,14H,11-13,20H2,1-2H3,(H,21,22);1H. The summed E-state index contributed by atoms with van der Waals surface area (Å²) in [5, 5.41) is 2.94. The molecular weight excluding hydrogens is 324 g/mol. The van der Waals surface area contributed by atoms with Crippen LogP contribution < -0.4 is 11.1 Å².